The Morgan fingerprint density at radius 3 is 2.62 bits per heavy atom. The lowest BCUT2D eigenvalue weighted by atomic mass is 10.1. The van der Waals surface area contributed by atoms with Gasteiger partial charge in [0.05, 0.1) is 19.3 Å². The molecule has 1 fully saturated rings. The van der Waals surface area contributed by atoms with Crippen molar-refractivity contribution in [3.05, 3.63) is 59.0 Å². The number of aliphatic imine (C=N–C) groups is 1. The van der Waals surface area contributed by atoms with Gasteiger partial charge in [0.25, 0.3) is 5.91 Å². The molecule has 0 saturated carbocycles. The number of hydrogen-bond donors (Lipinski definition) is 2. The molecule has 0 aliphatic carbocycles. The smallest absolute Gasteiger partial charge is 0.253 e. The van der Waals surface area contributed by atoms with E-state index in [0.717, 1.165) is 55.8 Å². The van der Waals surface area contributed by atoms with Gasteiger partial charge < -0.3 is 24.7 Å². The molecule has 1 unspecified atom stereocenters. The van der Waals surface area contributed by atoms with E-state index in [1.54, 1.807) is 26.0 Å². The first kappa shape index (κ1) is 23.8. The molecular weight excluding hydrogens is 406 g/mol. The Labute approximate surface area is 190 Å². The van der Waals surface area contributed by atoms with Gasteiger partial charge in [-0.3, -0.25) is 14.7 Å². The SMILES string of the molecule is CN=C(NCCc1cccc(C(=O)N(C)C)c1)NCC(c1ccc(C)o1)N1CCOCC1. The van der Waals surface area contributed by atoms with Crippen LogP contribution in [0.3, 0.4) is 0 Å². The van der Waals surface area contributed by atoms with Crippen molar-refractivity contribution in [1.29, 1.82) is 0 Å². The Kier molecular flexibility index (Phi) is 8.70. The highest BCUT2D eigenvalue weighted by molar-refractivity contribution is 5.94. The van der Waals surface area contributed by atoms with E-state index in [4.69, 9.17) is 9.15 Å². The Morgan fingerprint density at radius 2 is 1.97 bits per heavy atom. The zero-order valence-corrected chi connectivity index (χ0v) is 19.6. The Morgan fingerprint density at radius 1 is 1.19 bits per heavy atom. The second-order valence-corrected chi connectivity index (χ2v) is 8.14. The molecule has 32 heavy (non-hydrogen) atoms. The normalized spacial score (nSPS) is 15.9. The fourth-order valence-corrected chi connectivity index (χ4v) is 3.79. The molecule has 0 spiro atoms. The highest BCUT2D eigenvalue weighted by Gasteiger charge is 2.25. The average Bonchev–Trinajstić information content (AvgIpc) is 3.24. The number of furan rings is 1. The van der Waals surface area contributed by atoms with Gasteiger partial charge in [-0.05, 0) is 43.2 Å². The number of rotatable bonds is 8. The van der Waals surface area contributed by atoms with Crippen molar-refractivity contribution in [2.45, 2.75) is 19.4 Å². The van der Waals surface area contributed by atoms with E-state index in [0.29, 0.717) is 18.7 Å². The van der Waals surface area contributed by atoms with E-state index in [2.05, 4.69) is 26.6 Å². The Bertz CT molecular complexity index is 903. The summed E-state index contributed by atoms with van der Waals surface area (Å²) in [5.41, 5.74) is 1.81. The summed E-state index contributed by atoms with van der Waals surface area (Å²) in [6.07, 6.45) is 0.791. The third-order valence-corrected chi connectivity index (χ3v) is 5.55. The molecule has 3 rings (SSSR count). The van der Waals surface area contributed by atoms with Gasteiger partial charge in [-0.15, -0.1) is 0 Å². The van der Waals surface area contributed by atoms with Crippen LogP contribution in [-0.4, -0.2) is 82.2 Å². The van der Waals surface area contributed by atoms with Gasteiger partial charge in [-0.25, -0.2) is 0 Å². The zero-order valence-electron chi connectivity index (χ0n) is 19.6. The molecule has 2 aromatic rings. The minimum atomic E-state index is 0.0135. The summed E-state index contributed by atoms with van der Waals surface area (Å²) in [5.74, 6) is 2.62. The van der Waals surface area contributed by atoms with E-state index in [1.807, 2.05) is 37.3 Å². The molecule has 1 aliphatic heterocycles. The Hall–Kier alpha value is -2.84. The molecule has 1 aromatic carbocycles. The average molecular weight is 442 g/mol. The number of hydrogen-bond acceptors (Lipinski definition) is 5. The fourth-order valence-electron chi connectivity index (χ4n) is 3.79. The maximum atomic E-state index is 12.2. The summed E-state index contributed by atoms with van der Waals surface area (Å²) >= 11 is 0. The van der Waals surface area contributed by atoms with Gasteiger partial charge in [0.15, 0.2) is 5.96 Å². The molecule has 1 aliphatic rings. The molecule has 0 radical (unpaired) electrons. The monoisotopic (exact) mass is 441 g/mol. The van der Waals surface area contributed by atoms with E-state index >= 15 is 0 Å². The molecule has 2 N–H and O–H groups in total. The van der Waals surface area contributed by atoms with Crippen LogP contribution < -0.4 is 10.6 Å². The molecule has 1 atom stereocenters. The van der Waals surface area contributed by atoms with Crippen LogP contribution in [0.2, 0.25) is 0 Å². The molecule has 1 saturated heterocycles. The lowest BCUT2D eigenvalue weighted by Gasteiger charge is -2.33. The number of ether oxygens (including phenoxy) is 1. The lowest BCUT2D eigenvalue weighted by Crippen LogP contribution is -2.46. The summed E-state index contributed by atoms with van der Waals surface area (Å²) in [7, 11) is 5.30. The number of nitrogens with zero attached hydrogens (tertiary/aromatic N) is 3. The minimum absolute atomic E-state index is 0.0135. The van der Waals surface area contributed by atoms with Crippen molar-refractivity contribution in [2.24, 2.45) is 4.99 Å². The minimum Gasteiger partial charge on any atom is -0.465 e. The van der Waals surface area contributed by atoms with Crippen molar-refractivity contribution in [3.8, 4) is 0 Å². The summed E-state index contributed by atoms with van der Waals surface area (Å²) in [5, 5.41) is 6.82. The van der Waals surface area contributed by atoms with Crippen LogP contribution in [0.4, 0.5) is 0 Å². The van der Waals surface area contributed by atoms with Crippen LogP contribution in [0.5, 0.6) is 0 Å². The van der Waals surface area contributed by atoms with Crippen molar-refractivity contribution >= 4 is 11.9 Å². The van der Waals surface area contributed by atoms with Crippen molar-refractivity contribution in [2.75, 3.05) is 60.5 Å². The number of carbonyl (C=O) groups excluding carboxylic acids is 1. The van der Waals surface area contributed by atoms with E-state index in [9.17, 15) is 4.79 Å². The number of amides is 1. The lowest BCUT2D eigenvalue weighted by molar-refractivity contribution is 0.0124. The number of nitrogens with one attached hydrogen (secondary N) is 2. The van der Waals surface area contributed by atoms with Gasteiger partial charge >= 0.3 is 0 Å². The maximum Gasteiger partial charge on any atom is 0.253 e. The Balaban J connectivity index is 1.54. The summed E-state index contributed by atoms with van der Waals surface area (Å²) < 4.78 is 11.5. The third kappa shape index (κ3) is 6.58. The van der Waals surface area contributed by atoms with Crippen LogP contribution in [0.15, 0.2) is 45.8 Å². The largest absolute Gasteiger partial charge is 0.465 e. The van der Waals surface area contributed by atoms with Gasteiger partial charge in [0.1, 0.15) is 11.5 Å². The van der Waals surface area contributed by atoms with Gasteiger partial charge in [0.2, 0.25) is 0 Å². The molecule has 8 heteroatoms. The first-order valence-electron chi connectivity index (χ1n) is 11.1. The van der Waals surface area contributed by atoms with Crippen LogP contribution in [0.25, 0.3) is 0 Å². The van der Waals surface area contributed by atoms with Gasteiger partial charge in [-0.2, -0.15) is 0 Å². The number of aryl methyl sites for hydroxylation is 1. The standard InChI is InChI=1S/C24H35N5O3/c1-18-8-9-22(32-18)21(29-12-14-31-15-13-29)17-27-24(25-2)26-11-10-19-6-5-7-20(16-19)23(30)28(3)4/h5-9,16,21H,10-15,17H2,1-4H3,(H2,25,26,27). The summed E-state index contributed by atoms with van der Waals surface area (Å²) in [6, 6.07) is 11.9. The second kappa shape index (κ2) is 11.7. The van der Waals surface area contributed by atoms with Crippen LogP contribution in [-0.2, 0) is 11.2 Å². The number of morpholine rings is 1. The molecule has 2 heterocycles. The quantitative estimate of drug-likeness (QED) is 0.482. The van der Waals surface area contributed by atoms with Gasteiger partial charge in [0, 0.05) is 52.9 Å². The highest BCUT2D eigenvalue weighted by Crippen LogP contribution is 2.23. The molecule has 0 bridgehead atoms. The summed E-state index contributed by atoms with van der Waals surface area (Å²) in [6.45, 7) is 6.58. The van der Waals surface area contributed by atoms with E-state index < -0.39 is 0 Å². The third-order valence-electron chi connectivity index (χ3n) is 5.55. The molecule has 174 valence electrons. The van der Waals surface area contributed by atoms with Crippen LogP contribution >= 0.6 is 0 Å². The summed E-state index contributed by atoms with van der Waals surface area (Å²) in [4.78, 5) is 20.5. The molecular formula is C24H35N5O3. The van der Waals surface area contributed by atoms with Crippen molar-refractivity contribution in [3.63, 3.8) is 0 Å². The predicted octanol–water partition coefficient (Wildman–Crippen LogP) is 2.07. The topological polar surface area (TPSA) is 82.3 Å². The fraction of sp³-hybridized carbons (Fsp3) is 0.500. The number of guanidine groups is 1. The number of benzene rings is 1. The van der Waals surface area contributed by atoms with Gasteiger partial charge in [-0.1, -0.05) is 12.1 Å². The highest BCUT2D eigenvalue weighted by atomic mass is 16.5. The zero-order chi connectivity index (χ0) is 22.9. The second-order valence-electron chi connectivity index (χ2n) is 8.14. The van der Waals surface area contributed by atoms with Crippen LogP contribution in [0.1, 0.15) is 33.5 Å². The molecule has 1 amide bonds. The van der Waals surface area contributed by atoms with Crippen LogP contribution in [0, 0.1) is 6.92 Å². The number of carbonyl (C=O) groups is 1. The van der Waals surface area contributed by atoms with Crippen molar-refractivity contribution in [1.82, 2.24) is 20.4 Å². The maximum absolute atomic E-state index is 12.2. The van der Waals surface area contributed by atoms with Crippen molar-refractivity contribution < 1.29 is 13.9 Å². The molecule has 1 aromatic heterocycles. The first-order chi connectivity index (χ1) is 15.5. The predicted molar refractivity (Wildman–Crippen MR) is 126 cm³/mol. The molecule has 8 nitrogen and oxygen atoms in total. The van der Waals surface area contributed by atoms with E-state index in [-0.39, 0.29) is 11.9 Å². The van der Waals surface area contributed by atoms with E-state index in [1.165, 1.54) is 0 Å². The first-order valence-corrected chi connectivity index (χ1v) is 11.1.